The second-order valence-corrected chi connectivity index (χ2v) is 6.57. The smallest absolute Gasteiger partial charge is 0.208 e. The molecule has 2 atom stereocenters. The van der Waals surface area contributed by atoms with E-state index in [0.717, 1.165) is 17.0 Å². The van der Waals surface area contributed by atoms with Crippen molar-refractivity contribution in [3.63, 3.8) is 0 Å². The van der Waals surface area contributed by atoms with Crippen molar-refractivity contribution >= 4 is 17.1 Å². The van der Waals surface area contributed by atoms with Gasteiger partial charge in [-0.3, -0.25) is 0 Å². The standard InChI is InChI=1S/C19H19FN6/c20-15-7-9-25(12-16(15)22)19-24-18-17(2-1-8-23-18)26(19)11-14-5-3-13(10-21)4-6-14/h1-6,8,15-16H,7,9,11-12,22H2/t15-,16-/m1/s1. The van der Waals surface area contributed by atoms with E-state index in [-0.39, 0.29) is 0 Å². The number of piperidine rings is 1. The van der Waals surface area contributed by atoms with Crippen molar-refractivity contribution in [2.45, 2.75) is 25.2 Å². The lowest BCUT2D eigenvalue weighted by Crippen LogP contribution is -2.50. The average molecular weight is 350 g/mol. The van der Waals surface area contributed by atoms with E-state index in [1.807, 2.05) is 29.2 Å². The Morgan fingerprint density at radius 2 is 2.08 bits per heavy atom. The van der Waals surface area contributed by atoms with E-state index in [1.165, 1.54) is 0 Å². The summed E-state index contributed by atoms with van der Waals surface area (Å²) in [5.74, 6) is 0.755. The van der Waals surface area contributed by atoms with Crippen LogP contribution in [0, 0.1) is 11.3 Å². The maximum Gasteiger partial charge on any atom is 0.208 e. The average Bonchev–Trinajstić information content (AvgIpc) is 3.03. The van der Waals surface area contributed by atoms with Crippen LogP contribution < -0.4 is 10.6 Å². The van der Waals surface area contributed by atoms with Crippen molar-refractivity contribution < 1.29 is 4.39 Å². The van der Waals surface area contributed by atoms with E-state index in [1.54, 1.807) is 18.3 Å². The molecule has 0 saturated carbocycles. The molecule has 0 aliphatic carbocycles. The van der Waals surface area contributed by atoms with Gasteiger partial charge in [0.1, 0.15) is 6.17 Å². The molecule has 7 heteroatoms. The summed E-state index contributed by atoms with van der Waals surface area (Å²) in [6.07, 6.45) is 1.14. The van der Waals surface area contributed by atoms with Crippen LogP contribution in [0.3, 0.4) is 0 Å². The number of rotatable bonds is 3. The Morgan fingerprint density at radius 3 is 2.81 bits per heavy atom. The first-order valence-electron chi connectivity index (χ1n) is 8.60. The monoisotopic (exact) mass is 350 g/mol. The van der Waals surface area contributed by atoms with Crippen LogP contribution in [0.4, 0.5) is 10.3 Å². The minimum atomic E-state index is -0.972. The van der Waals surface area contributed by atoms with Gasteiger partial charge in [0, 0.05) is 19.3 Å². The maximum absolute atomic E-state index is 13.8. The highest BCUT2D eigenvalue weighted by Crippen LogP contribution is 2.26. The van der Waals surface area contributed by atoms with Crippen LogP contribution in [0.25, 0.3) is 11.2 Å². The van der Waals surface area contributed by atoms with Crippen LogP contribution >= 0.6 is 0 Å². The molecule has 0 unspecified atom stereocenters. The Morgan fingerprint density at radius 1 is 1.27 bits per heavy atom. The van der Waals surface area contributed by atoms with E-state index >= 15 is 0 Å². The third-order valence-electron chi connectivity index (χ3n) is 4.78. The highest BCUT2D eigenvalue weighted by molar-refractivity contribution is 5.75. The summed E-state index contributed by atoms with van der Waals surface area (Å²) in [6, 6.07) is 12.9. The van der Waals surface area contributed by atoms with Gasteiger partial charge in [0.2, 0.25) is 5.95 Å². The van der Waals surface area contributed by atoms with Gasteiger partial charge in [0.15, 0.2) is 5.65 Å². The summed E-state index contributed by atoms with van der Waals surface area (Å²) in [6.45, 7) is 1.59. The molecule has 2 aromatic heterocycles. The maximum atomic E-state index is 13.8. The lowest BCUT2D eigenvalue weighted by Gasteiger charge is -2.34. The summed E-state index contributed by atoms with van der Waals surface area (Å²) in [4.78, 5) is 11.1. The molecule has 0 spiro atoms. The Kier molecular flexibility index (Phi) is 4.27. The summed E-state index contributed by atoms with van der Waals surface area (Å²) in [5, 5.41) is 8.96. The van der Waals surface area contributed by atoms with Crippen molar-refractivity contribution in [2.75, 3.05) is 18.0 Å². The van der Waals surface area contributed by atoms with E-state index in [2.05, 4.69) is 20.6 Å². The van der Waals surface area contributed by atoms with Gasteiger partial charge >= 0.3 is 0 Å². The zero-order valence-corrected chi connectivity index (χ0v) is 14.2. The summed E-state index contributed by atoms with van der Waals surface area (Å²) in [7, 11) is 0. The number of pyridine rings is 1. The number of imidazole rings is 1. The first-order valence-corrected chi connectivity index (χ1v) is 8.60. The molecule has 132 valence electrons. The van der Waals surface area contributed by atoms with E-state index < -0.39 is 12.2 Å². The Labute approximate surface area is 150 Å². The molecule has 1 aliphatic rings. The van der Waals surface area contributed by atoms with Crippen LogP contribution in [0.15, 0.2) is 42.6 Å². The quantitative estimate of drug-likeness (QED) is 0.783. The predicted molar refractivity (Wildman–Crippen MR) is 97.5 cm³/mol. The van der Waals surface area contributed by atoms with E-state index in [9.17, 15) is 4.39 Å². The zero-order valence-electron chi connectivity index (χ0n) is 14.2. The molecule has 4 rings (SSSR count). The van der Waals surface area contributed by atoms with Gasteiger partial charge < -0.3 is 15.2 Å². The fourth-order valence-electron chi connectivity index (χ4n) is 3.35. The van der Waals surface area contributed by atoms with Gasteiger partial charge in [-0.25, -0.2) is 9.37 Å². The molecule has 1 saturated heterocycles. The number of hydrogen-bond acceptors (Lipinski definition) is 5. The Balaban J connectivity index is 1.73. The normalized spacial score (nSPS) is 20.3. The largest absolute Gasteiger partial charge is 0.340 e. The molecular formula is C19H19FN6. The summed E-state index contributed by atoms with van der Waals surface area (Å²) in [5.41, 5.74) is 9.19. The third-order valence-corrected chi connectivity index (χ3v) is 4.78. The molecule has 0 bridgehead atoms. The third kappa shape index (κ3) is 3.00. The van der Waals surface area contributed by atoms with Gasteiger partial charge in [0.05, 0.1) is 29.7 Å². The highest BCUT2D eigenvalue weighted by Gasteiger charge is 2.29. The molecule has 1 fully saturated rings. The topological polar surface area (TPSA) is 83.8 Å². The molecule has 0 radical (unpaired) electrons. The molecule has 3 aromatic rings. The molecular weight excluding hydrogens is 331 g/mol. The number of alkyl halides is 1. The van der Waals surface area contributed by atoms with Crippen LogP contribution in [-0.2, 0) is 6.54 Å². The molecule has 1 aliphatic heterocycles. The van der Waals surface area contributed by atoms with Crippen molar-refractivity contribution in [3.05, 3.63) is 53.7 Å². The Bertz CT molecular complexity index is 958. The number of aromatic nitrogens is 3. The van der Waals surface area contributed by atoms with E-state index in [0.29, 0.717) is 37.3 Å². The minimum absolute atomic E-state index is 0.397. The lowest BCUT2D eigenvalue weighted by molar-refractivity contribution is 0.243. The predicted octanol–water partition coefficient (Wildman–Crippen LogP) is 2.23. The number of nitriles is 1. The molecule has 26 heavy (non-hydrogen) atoms. The van der Waals surface area contributed by atoms with Gasteiger partial charge in [-0.2, -0.15) is 10.2 Å². The number of anilines is 1. The van der Waals surface area contributed by atoms with Crippen molar-refractivity contribution in [1.82, 2.24) is 14.5 Å². The molecule has 0 amide bonds. The number of fused-ring (bicyclic) bond motifs is 1. The van der Waals surface area contributed by atoms with Gasteiger partial charge in [-0.15, -0.1) is 0 Å². The van der Waals surface area contributed by atoms with Gasteiger partial charge in [-0.05, 0) is 36.2 Å². The number of benzene rings is 1. The molecule has 1 aromatic carbocycles. The number of hydrogen-bond donors (Lipinski definition) is 1. The number of nitrogens with zero attached hydrogens (tertiary/aromatic N) is 5. The first-order chi connectivity index (χ1) is 12.7. The fourth-order valence-corrected chi connectivity index (χ4v) is 3.35. The lowest BCUT2D eigenvalue weighted by atomic mass is 10.1. The SMILES string of the molecule is N#Cc1ccc(Cn2c(N3CC[C@@H](F)[C@H](N)C3)nc3ncccc32)cc1. The fraction of sp³-hybridized carbons (Fsp3) is 0.316. The zero-order chi connectivity index (χ0) is 18.1. The van der Waals surface area contributed by atoms with Gasteiger partial charge in [0.25, 0.3) is 0 Å². The Hall–Kier alpha value is -2.98. The molecule has 2 N–H and O–H groups in total. The van der Waals surface area contributed by atoms with Gasteiger partial charge in [-0.1, -0.05) is 12.1 Å². The van der Waals surface area contributed by atoms with Crippen LogP contribution in [0.1, 0.15) is 17.5 Å². The highest BCUT2D eigenvalue weighted by atomic mass is 19.1. The second-order valence-electron chi connectivity index (χ2n) is 6.57. The summed E-state index contributed by atoms with van der Waals surface area (Å²) >= 11 is 0. The van der Waals surface area contributed by atoms with Crippen LogP contribution in [0.2, 0.25) is 0 Å². The van der Waals surface area contributed by atoms with Crippen LogP contribution in [0.5, 0.6) is 0 Å². The van der Waals surface area contributed by atoms with Crippen molar-refractivity contribution in [1.29, 1.82) is 5.26 Å². The summed E-state index contributed by atoms with van der Waals surface area (Å²) < 4.78 is 15.9. The number of nitrogens with two attached hydrogens (primary N) is 1. The minimum Gasteiger partial charge on any atom is -0.340 e. The molecule has 3 heterocycles. The van der Waals surface area contributed by atoms with Crippen molar-refractivity contribution in [3.8, 4) is 6.07 Å². The molecule has 6 nitrogen and oxygen atoms in total. The second kappa shape index (κ2) is 6.73. The van der Waals surface area contributed by atoms with Crippen molar-refractivity contribution in [2.24, 2.45) is 5.73 Å². The number of halogens is 1. The van der Waals surface area contributed by atoms with E-state index in [4.69, 9.17) is 11.0 Å². The first kappa shape index (κ1) is 16.5. The van der Waals surface area contributed by atoms with Crippen LogP contribution in [-0.4, -0.2) is 39.8 Å².